The second kappa shape index (κ2) is 6.60. The van der Waals surface area contributed by atoms with Crippen LogP contribution in [0.5, 0.6) is 0 Å². The maximum atomic E-state index is 12.0. The van der Waals surface area contributed by atoms with Crippen LogP contribution in [0.2, 0.25) is 0 Å². The van der Waals surface area contributed by atoms with E-state index in [2.05, 4.69) is 23.2 Å². The van der Waals surface area contributed by atoms with Gasteiger partial charge in [-0.15, -0.1) is 0 Å². The van der Waals surface area contributed by atoms with E-state index in [0.717, 1.165) is 18.1 Å². The Balaban J connectivity index is 1.96. The smallest absolute Gasteiger partial charge is 0.238 e. The van der Waals surface area contributed by atoms with Gasteiger partial charge >= 0.3 is 0 Å². The monoisotopic (exact) mass is 275 g/mol. The van der Waals surface area contributed by atoms with Crippen molar-refractivity contribution in [3.05, 3.63) is 29.8 Å². The van der Waals surface area contributed by atoms with Gasteiger partial charge in [0.2, 0.25) is 5.91 Å². The van der Waals surface area contributed by atoms with E-state index in [-0.39, 0.29) is 5.91 Å². The molecule has 19 heavy (non-hydrogen) atoms. The quantitative estimate of drug-likeness (QED) is 0.916. The molecule has 1 unspecified atom stereocenters. The first-order valence-electron chi connectivity index (χ1n) is 6.31. The molecule has 1 N–H and O–H groups in total. The number of carbonyl (C=O) groups is 1. The molecule has 1 atom stereocenters. The van der Waals surface area contributed by atoms with Crippen molar-refractivity contribution in [3.8, 4) is 6.07 Å². The van der Waals surface area contributed by atoms with Crippen molar-refractivity contribution >= 4 is 23.4 Å². The van der Waals surface area contributed by atoms with Gasteiger partial charge in [-0.3, -0.25) is 9.69 Å². The zero-order valence-corrected chi connectivity index (χ0v) is 11.7. The molecule has 0 radical (unpaired) electrons. The number of benzene rings is 1. The number of nitrogens with one attached hydrogen (secondary N) is 1. The van der Waals surface area contributed by atoms with Crippen molar-refractivity contribution in [3.63, 3.8) is 0 Å². The molecular formula is C14H17N3OS. The maximum absolute atomic E-state index is 12.0. The molecule has 1 aromatic rings. The zero-order chi connectivity index (χ0) is 13.7. The number of para-hydroxylation sites is 1. The second-order valence-electron chi connectivity index (χ2n) is 4.60. The van der Waals surface area contributed by atoms with Gasteiger partial charge in [-0.05, 0) is 19.1 Å². The number of rotatable bonds is 3. The normalized spacial score (nSPS) is 19.7. The Morgan fingerprint density at radius 1 is 1.58 bits per heavy atom. The second-order valence-corrected chi connectivity index (χ2v) is 5.75. The van der Waals surface area contributed by atoms with Gasteiger partial charge in [0.25, 0.3) is 0 Å². The molecule has 2 rings (SSSR count). The molecule has 0 aromatic heterocycles. The van der Waals surface area contributed by atoms with E-state index in [4.69, 9.17) is 5.26 Å². The third kappa shape index (κ3) is 3.72. The molecule has 0 spiro atoms. The van der Waals surface area contributed by atoms with Gasteiger partial charge in [0.05, 0.1) is 17.8 Å². The van der Waals surface area contributed by atoms with Crippen LogP contribution < -0.4 is 5.32 Å². The summed E-state index contributed by atoms with van der Waals surface area (Å²) in [7, 11) is 0. The van der Waals surface area contributed by atoms with E-state index >= 15 is 0 Å². The summed E-state index contributed by atoms with van der Waals surface area (Å²) in [5, 5.41) is 11.8. The molecule has 100 valence electrons. The molecule has 1 heterocycles. The molecule has 0 bridgehead atoms. The number of nitrogens with zero attached hydrogens (tertiary/aromatic N) is 2. The number of hydrogen-bond donors (Lipinski definition) is 1. The number of nitriles is 1. The molecule has 4 nitrogen and oxygen atoms in total. The van der Waals surface area contributed by atoms with E-state index in [1.165, 1.54) is 0 Å². The minimum Gasteiger partial charge on any atom is -0.324 e. The number of amides is 1. The van der Waals surface area contributed by atoms with Crippen molar-refractivity contribution < 1.29 is 4.79 Å². The van der Waals surface area contributed by atoms with Crippen LogP contribution in [-0.2, 0) is 4.79 Å². The van der Waals surface area contributed by atoms with Crippen LogP contribution in [0.15, 0.2) is 24.3 Å². The van der Waals surface area contributed by atoms with Gasteiger partial charge in [-0.25, -0.2) is 0 Å². The van der Waals surface area contributed by atoms with Gasteiger partial charge in [0.15, 0.2) is 0 Å². The molecule has 1 saturated heterocycles. The number of anilines is 1. The van der Waals surface area contributed by atoms with E-state index in [9.17, 15) is 4.79 Å². The SMILES string of the molecule is CC1CSCCN1CC(=O)Nc1ccccc1C#N. The lowest BCUT2D eigenvalue weighted by molar-refractivity contribution is -0.117. The Hall–Kier alpha value is -1.51. The van der Waals surface area contributed by atoms with Gasteiger partial charge in [-0.1, -0.05) is 12.1 Å². The average Bonchev–Trinajstić information content (AvgIpc) is 2.42. The third-order valence-corrected chi connectivity index (χ3v) is 4.36. The highest BCUT2D eigenvalue weighted by Crippen LogP contribution is 2.17. The van der Waals surface area contributed by atoms with Gasteiger partial charge in [0, 0.05) is 24.1 Å². The van der Waals surface area contributed by atoms with Gasteiger partial charge < -0.3 is 5.32 Å². The van der Waals surface area contributed by atoms with Gasteiger partial charge in [-0.2, -0.15) is 17.0 Å². The zero-order valence-electron chi connectivity index (χ0n) is 10.9. The molecule has 1 amide bonds. The van der Waals surface area contributed by atoms with Crippen LogP contribution >= 0.6 is 11.8 Å². The van der Waals surface area contributed by atoms with Crippen LogP contribution in [-0.4, -0.2) is 41.4 Å². The largest absolute Gasteiger partial charge is 0.324 e. The summed E-state index contributed by atoms with van der Waals surface area (Å²) in [6, 6.07) is 9.57. The lowest BCUT2D eigenvalue weighted by Crippen LogP contribution is -2.44. The van der Waals surface area contributed by atoms with E-state index in [0.29, 0.717) is 23.8 Å². The van der Waals surface area contributed by atoms with Gasteiger partial charge in [0.1, 0.15) is 6.07 Å². The highest BCUT2D eigenvalue weighted by Gasteiger charge is 2.21. The topological polar surface area (TPSA) is 56.1 Å². The number of hydrogen-bond acceptors (Lipinski definition) is 4. The molecule has 5 heteroatoms. The Bertz CT molecular complexity index is 498. The van der Waals surface area contributed by atoms with Crippen molar-refractivity contribution in [2.45, 2.75) is 13.0 Å². The molecular weight excluding hydrogens is 258 g/mol. The molecule has 0 aliphatic carbocycles. The average molecular weight is 275 g/mol. The summed E-state index contributed by atoms with van der Waals surface area (Å²) in [6.45, 7) is 3.48. The highest BCUT2D eigenvalue weighted by molar-refractivity contribution is 7.99. The summed E-state index contributed by atoms with van der Waals surface area (Å²) in [6.07, 6.45) is 0. The van der Waals surface area contributed by atoms with Crippen molar-refractivity contribution in [1.82, 2.24) is 4.90 Å². The highest BCUT2D eigenvalue weighted by atomic mass is 32.2. The summed E-state index contributed by atoms with van der Waals surface area (Å²) in [5.41, 5.74) is 1.09. The van der Waals surface area contributed by atoms with Crippen LogP contribution in [0, 0.1) is 11.3 Å². The first-order chi connectivity index (χ1) is 9.20. The van der Waals surface area contributed by atoms with E-state index in [1.807, 2.05) is 17.8 Å². The van der Waals surface area contributed by atoms with Crippen molar-refractivity contribution in [2.75, 3.05) is 29.9 Å². The summed E-state index contributed by atoms with van der Waals surface area (Å²) < 4.78 is 0. The Morgan fingerprint density at radius 3 is 3.11 bits per heavy atom. The Labute approximate surface area is 117 Å². The van der Waals surface area contributed by atoms with E-state index in [1.54, 1.807) is 18.2 Å². The molecule has 1 aliphatic heterocycles. The lowest BCUT2D eigenvalue weighted by Gasteiger charge is -2.32. The molecule has 1 aromatic carbocycles. The fourth-order valence-electron chi connectivity index (χ4n) is 2.06. The number of thioether (sulfide) groups is 1. The summed E-state index contributed by atoms with van der Waals surface area (Å²) >= 11 is 1.93. The first-order valence-corrected chi connectivity index (χ1v) is 7.47. The van der Waals surface area contributed by atoms with E-state index < -0.39 is 0 Å². The van der Waals surface area contributed by atoms with Crippen LogP contribution in [0.1, 0.15) is 12.5 Å². The first kappa shape index (κ1) is 13.9. The molecule has 1 aliphatic rings. The fraction of sp³-hybridized carbons (Fsp3) is 0.429. The Morgan fingerprint density at radius 2 is 2.37 bits per heavy atom. The lowest BCUT2D eigenvalue weighted by atomic mass is 10.2. The van der Waals surface area contributed by atoms with Crippen LogP contribution in [0.25, 0.3) is 0 Å². The van der Waals surface area contributed by atoms with Crippen LogP contribution in [0.4, 0.5) is 5.69 Å². The van der Waals surface area contributed by atoms with Crippen LogP contribution in [0.3, 0.4) is 0 Å². The summed E-state index contributed by atoms with van der Waals surface area (Å²) in [5.74, 6) is 2.09. The number of carbonyl (C=O) groups excluding carboxylic acids is 1. The predicted molar refractivity (Wildman–Crippen MR) is 78.1 cm³/mol. The summed E-state index contributed by atoms with van der Waals surface area (Å²) in [4.78, 5) is 14.2. The minimum absolute atomic E-state index is 0.0542. The molecule has 0 saturated carbocycles. The molecule has 1 fully saturated rings. The minimum atomic E-state index is -0.0542. The Kier molecular flexibility index (Phi) is 4.83. The van der Waals surface area contributed by atoms with Crippen molar-refractivity contribution in [2.24, 2.45) is 0 Å². The third-order valence-electron chi connectivity index (χ3n) is 3.17. The van der Waals surface area contributed by atoms with Crippen molar-refractivity contribution in [1.29, 1.82) is 5.26 Å². The standard InChI is InChI=1S/C14H17N3OS/c1-11-10-19-7-6-17(11)9-14(18)16-13-5-3-2-4-12(13)8-15/h2-5,11H,6-7,9-10H2,1H3,(H,16,18). The predicted octanol–water partition coefficient (Wildman–Crippen LogP) is 1.93. The fourth-order valence-corrected chi connectivity index (χ4v) is 3.14. The maximum Gasteiger partial charge on any atom is 0.238 e.